The lowest BCUT2D eigenvalue weighted by Crippen LogP contribution is -2.18. The molecule has 1 fully saturated rings. The van der Waals surface area contributed by atoms with E-state index in [-0.39, 0.29) is 0 Å². The number of benzene rings is 1. The molecule has 1 aliphatic heterocycles. The van der Waals surface area contributed by atoms with Crippen molar-refractivity contribution < 1.29 is 4.74 Å². The van der Waals surface area contributed by atoms with Gasteiger partial charge in [0.15, 0.2) is 0 Å². The van der Waals surface area contributed by atoms with Crippen LogP contribution in [0.25, 0.3) is 0 Å². The van der Waals surface area contributed by atoms with Gasteiger partial charge in [-0.05, 0) is 63.5 Å². The van der Waals surface area contributed by atoms with Crippen LogP contribution in [0.4, 0.5) is 11.6 Å². The highest BCUT2D eigenvalue weighted by Crippen LogP contribution is 2.23. The SMILES string of the molecule is CCc1cc(C)nc(Nc2ccc(OC)c(C#CCN3CCCC3)c2)n1. The van der Waals surface area contributed by atoms with Crippen LogP contribution in [-0.2, 0) is 6.42 Å². The Labute approximate surface area is 155 Å². The quantitative estimate of drug-likeness (QED) is 0.836. The molecule has 0 saturated carbocycles. The van der Waals surface area contributed by atoms with Gasteiger partial charge >= 0.3 is 0 Å². The first-order valence-corrected chi connectivity index (χ1v) is 9.19. The first kappa shape index (κ1) is 18.2. The molecule has 0 radical (unpaired) electrons. The molecule has 26 heavy (non-hydrogen) atoms. The van der Waals surface area contributed by atoms with Gasteiger partial charge < -0.3 is 10.1 Å². The molecule has 1 aromatic carbocycles. The molecule has 0 atom stereocenters. The average Bonchev–Trinajstić information content (AvgIpc) is 3.15. The summed E-state index contributed by atoms with van der Waals surface area (Å²) in [6, 6.07) is 7.89. The number of methoxy groups -OCH3 is 1. The van der Waals surface area contributed by atoms with Crippen molar-refractivity contribution in [1.29, 1.82) is 0 Å². The molecule has 0 bridgehead atoms. The van der Waals surface area contributed by atoms with Crippen molar-refractivity contribution in [3.8, 4) is 17.6 Å². The topological polar surface area (TPSA) is 50.3 Å². The normalized spacial score (nSPS) is 14.0. The van der Waals surface area contributed by atoms with Crippen LogP contribution in [0.15, 0.2) is 24.3 Å². The molecule has 0 amide bonds. The van der Waals surface area contributed by atoms with Gasteiger partial charge in [-0.2, -0.15) is 0 Å². The van der Waals surface area contributed by atoms with E-state index in [1.807, 2.05) is 31.2 Å². The molecule has 5 heteroatoms. The predicted octanol–water partition coefficient (Wildman–Crippen LogP) is 3.55. The fourth-order valence-electron chi connectivity index (χ4n) is 3.07. The number of anilines is 2. The van der Waals surface area contributed by atoms with Crippen LogP contribution in [0.5, 0.6) is 5.75 Å². The van der Waals surface area contributed by atoms with Gasteiger partial charge in [0.1, 0.15) is 5.75 Å². The first-order chi connectivity index (χ1) is 12.7. The van der Waals surface area contributed by atoms with E-state index in [2.05, 4.69) is 38.9 Å². The predicted molar refractivity (Wildman–Crippen MR) is 105 cm³/mol. The van der Waals surface area contributed by atoms with Gasteiger partial charge in [0.2, 0.25) is 5.95 Å². The van der Waals surface area contributed by atoms with Crippen LogP contribution >= 0.6 is 0 Å². The van der Waals surface area contributed by atoms with Crippen molar-refractivity contribution in [2.24, 2.45) is 0 Å². The van der Waals surface area contributed by atoms with E-state index in [9.17, 15) is 0 Å². The Morgan fingerprint density at radius 2 is 2.00 bits per heavy atom. The maximum atomic E-state index is 5.45. The standard InChI is InChI=1S/C21H26N4O/c1-4-18-14-16(2)22-21(23-18)24-19-9-10-20(26-3)17(15-19)8-7-13-25-11-5-6-12-25/h9-10,14-15H,4-6,11-13H2,1-3H3,(H,22,23,24). The smallest absolute Gasteiger partial charge is 0.227 e. The lowest BCUT2D eigenvalue weighted by atomic mass is 10.1. The summed E-state index contributed by atoms with van der Waals surface area (Å²) in [4.78, 5) is 11.4. The van der Waals surface area contributed by atoms with Crippen molar-refractivity contribution in [2.45, 2.75) is 33.1 Å². The zero-order chi connectivity index (χ0) is 18.4. The van der Waals surface area contributed by atoms with Crippen molar-refractivity contribution in [3.05, 3.63) is 41.2 Å². The highest BCUT2D eigenvalue weighted by molar-refractivity contribution is 5.61. The van der Waals surface area contributed by atoms with Crippen LogP contribution in [-0.4, -0.2) is 41.6 Å². The molecule has 5 nitrogen and oxygen atoms in total. The number of hydrogen-bond acceptors (Lipinski definition) is 5. The van der Waals surface area contributed by atoms with E-state index in [1.165, 1.54) is 12.8 Å². The van der Waals surface area contributed by atoms with E-state index in [0.717, 1.165) is 54.4 Å². The number of ether oxygens (including phenoxy) is 1. The van der Waals surface area contributed by atoms with Gasteiger partial charge in [-0.1, -0.05) is 18.8 Å². The van der Waals surface area contributed by atoms with Crippen LogP contribution in [0.3, 0.4) is 0 Å². The summed E-state index contributed by atoms with van der Waals surface area (Å²) in [5.41, 5.74) is 3.77. The number of nitrogens with one attached hydrogen (secondary N) is 1. The summed E-state index contributed by atoms with van der Waals surface area (Å²) in [5, 5.41) is 3.29. The number of aromatic nitrogens is 2. The van der Waals surface area contributed by atoms with E-state index in [0.29, 0.717) is 5.95 Å². The van der Waals surface area contributed by atoms with Gasteiger partial charge in [0.05, 0.1) is 19.2 Å². The fraction of sp³-hybridized carbons (Fsp3) is 0.429. The second-order valence-corrected chi connectivity index (χ2v) is 6.50. The minimum Gasteiger partial charge on any atom is -0.495 e. The molecule has 0 unspecified atom stereocenters. The average molecular weight is 350 g/mol. The Kier molecular flexibility index (Phi) is 6.08. The molecule has 1 N–H and O–H groups in total. The second kappa shape index (κ2) is 8.68. The summed E-state index contributed by atoms with van der Waals surface area (Å²) in [7, 11) is 1.67. The van der Waals surface area contributed by atoms with Gasteiger partial charge in [0, 0.05) is 17.1 Å². The van der Waals surface area contributed by atoms with Crippen LogP contribution in [0.1, 0.15) is 36.7 Å². The van der Waals surface area contributed by atoms with Crippen molar-refractivity contribution in [1.82, 2.24) is 14.9 Å². The molecule has 1 saturated heterocycles. The monoisotopic (exact) mass is 350 g/mol. The summed E-state index contributed by atoms with van der Waals surface area (Å²) < 4.78 is 5.45. The highest BCUT2D eigenvalue weighted by atomic mass is 16.5. The highest BCUT2D eigenvalue weighted by Gasteiger charge is 2.09. The lowest BCUT2D eigenvalue weighted by Gasteiger charge is -2.10. The number of aryl methyl sites for hydroxylation is 2. The Balaban J connectivity index is 1.78. The Bertz CT molecular complexity index is 816. The Morgan fingerprint density at radius 3 is 2.73 bits per heavy atom. The van der Waals surface area contributed by atoms with Gasteiger partial charge in [0.25, 0.3) is 0 Å². The molecule has 1 aromatic heterocycles. The van der Waals surface area contributed by atoms with Gasteiger partial charge in [-0.3, -0.25) is 4.90 Å². The summed E-state index contributed by atoms with van der Waals surface area (Å²) in [5.74, 6) is 7.92. The molecule has 3 rings (SSSR count). The van der Waals surface area contributed by atoms with Crippen molar-refractivity contribution in [3.63, 3.8) is 0 Å². The molecule has 2 heterocycles. The molecule has 136 valence electrons. The molecular formula is C21H26N4O. The summed E-state index contributed by atoms with van der Waals surface area (Å²) in [6.07, 6.45) is 3.44. The van der Waals surface area contributed by atoms with Crippen molar-refractivity contribution >= 4 is 11.6 Å². The largest absolute Gasteiger partial charge is 0.495 e. The van der Waals surface area contributed by atoms with Crippen LogP contribution in [0, 0.1) is 18.8 Å². The van der Waals surface area contributed by atoms with E-state index >= 15 is 0 Å². The molecule has 2 aromatic rings. The third kappa shape index (κ3) is 4.74. The fourth-order valence-corrected chi connectivity index (χ4v) is 3.07. The molecule has 0 spiro atoms. The minimum absolute atomic E-state index is 0.614. The maximum Gasteiger partial charge on any atom is 0.227 e. The second-order valence-electron chi connectivity index (χ2n) is 6.50. The van der Waals surface area contributed by atoms with Crippen LogP contribution in [0.2, 0.25) is 0 Å². The third-order valence-electron chi connectivity index (χ3n) is 4.45. The lowest BCUT2D eigenvalue weighted by molar-refractivity contribution is 0.383. The van der Waals surface area contributed by atoms with Crippen molar-refractivity contribution in [2.75, 3.05) is 32.1 Å². The Hall–Kier alpha value is -2.58. The van der Waals surface area contributed by atoms with Gasteiger partial charge in [-0.15, -0.1) is 0 Å². The minimum atomic E-state index is 0.614. The molecule has 1 aliphatic rings. The third-order valence-corrected chi connectivity index (χ3v) is 4.45. The van der Waals surface area contributed by atoms with E-state index in [4.69, 9.17) is 4.74 Å². The first-order valence-electron chi connectivity index (χ1n) is 9.19. The number of hydrogen-bond donors (Lipinski definition) is 1. The maximum absolute atomic E-state index is 5.45. The van der Waals surface area contributed by atoms with Gasteiger partial charge in [-0.25, -0.2) is 9.97 Å². The number of rotatable bonds is 5. The Morgan fingerprint density at radius 1 is 1.19 bits per heavy atom. The van der Waals surface area contributed by atoms with E-state index in [1.54, 1.807) is 7.11 Å². The van der Waals surface area contributed by atoms with Crippen LogP contribution < -0.4 is 10.1 Å². The molecule has 0 aliphatic carbocycles. The summed E-state index contributed by atoms with van der Waals surface area (Å²) in [6.45, 7) is 7.18. The number of nitrogens with zero attached hydrogens (tertiary/aromatic N) is 3. The molecular weight excluding hydrogens is 324 g/mol. The van der Waals surface area contributed by atoms with E-state index < -0.39 is 0 Å². The summed E-state index contributed by atoms with van der Waals surface area (Å²) >= 11 is 0. The zero-order valence-electron chi connectivity index (χ0n) is 15.8. The number of likely N-dealkylation sites (tertiary alicyclic amines) is 1. The zero-order valence-corrected chi connectivity index (χ0v) is 15.8.